The summed E-state index contributed by atoms with van der Waals surface area (Å²) in [6.45, 7) is 8.71. The highest BCUT2D eigenvalue weighted by Crippen LogP contribution is 2.37. The van der Waals surface area contributed by atoms with E-state index in [-0.39, 0.29) is 5.41 Å². The summed E-state index contributed by atoms with van der Waals surface area (Å²) in [5, 5.41) is 9.66. The Morgan fingerprint density at radius 1 is 1.33 bits per heavy atom. The monoisotopic (exact) mass is 242 g/mol. The second-order valence-corrected chi connectivity index (χ2v) is 5.75. The molecule has 1 aliphatic rings. The standard InChI is InChI=1S/C16H22N2/c1-13(2)18-10-9-15(11-18)16(3,12-17)14-7-5-4-6-8-14/h4-8,13,15H,9-11H2,1-3H3/t15-,16-/m0/s1. The van der Waals surface area contributed by atoms with E-state index in [1.165, 1.54) is 0 Å². The van der Waals surface area contributed by atoms with E-state index >= 15 is 0 Å². The third kappa shape index (κ3) is 2.28. The Bertz CT molecular complexity index is 432. The van der Waals surface area contributed by atoms with Gasteiger partial charge in [-0.05, 0) is 45.2 Å². The largest absolute Gasteiger partial charge is 0.301 e. The van der Waals surface area contributed by atoms with E-state index in [1.54, 1.807) is 0 Å². The second kappa shape index (κ2) is 5.12. The highest BCUT2D eigenvalue weighted by molar-refractivity contribution is 5.33. The van der Waals surface area contributed by atoms with E-state index in [0.717, 1.165) is 25.1 Å². The number of nitriles is 1. The highest BCUT2D eigenvalue weighted by Gasteiger charge is 2.40. The highest BCUT2D eigenvalue weighted by atomic mass is 15.2. The average molecular weight is 242 g/mol. The molecule has 18 heavy (non-hydrogen) atoms. The van der Waals surface area contributed by atoms with E-state index in [9.17, 15) is 5.26 Å². The summed E-state index contributed by atoms with van der Waals surface area (Å²) in [6.07, 6.45) is 1.12. The molecule has 2 atom stereocenters. The third-order valence-electron chi connectivity index (χ3n) is 4.37. The number of nitrogens with zero attached hydrogens (tertiary/aromatic N) is 2. The van der Waals surface area contributed by atoms with Crippen molar-refractivity contribution >= 4 is 0 Å². The van der Waals surface area contributed by atoms with Crippen LogP contribution in [0, 0.1) is 17.2 Å². The van der Waals surface area contributed by atoms with Crippen LogP contribution >= 0.6 is 0 Å². The molecule has 2 rings (SSSR count). The summed E-state index contributed by atoms with van der Waals surface area (Å²) >= 11 is 0. The number of likely N-dealkylation sites (tertiary alicyclic amines) is 1. The maximum atomic E-state index is 9.66. The third-order valence-corrected chi connectivity index (χ3v) is 4.37. The number of hydrogen-bond donors (Lipinski definition) is 0. The molecule has 0 aliphatic carbocycles. The van der Waals surface area contributed by atoms with Crippen molar-refractivity contribution < 1.29 is 0 Å². The molecule has 96 valence electrons. The molecule has 1 saturated heterocycles. The molecule has 2 nitrogen and oxygen atoms in total. The summed E-state index contributed by atoms with van der Waals surface area (Å²) in [5.41, 5.74) is 0.799. The van der Waals surface area contributed by atoms with Crippen LogP contribution in [0.15, 0.2) is 30.3 Å². The first-order valence-corrected chi connectivity index (χ1v) is 6.78. The van der Waals surface area contributed by atoms with Gasteiger partial charge >= 0.3 is 0 Å². The summed E-state index contributed by atoms with van der Waals surface area (Å²) in [7, 11) is 0. The van der Waals surface area contributed by atoms with Gasteiger partial charge in [0.05, 0.1) is 11.5 Å². The van der Waals surface area contributed by atoms with E-state index in [2.05, 4.69) is 43.9 Å². The molecule has 2 heteroatoms. The van der Waals surface area contributed by atoms with Crippen LogP contribution in [-0.2, 0) is 5.41 Å². The van der Waals surface area contributed by atoms with Crippen LogP contribution in [0.2, 0.25) is 0 Å². The van der Waals surface area contributed by atoms with E-state index in [4.69, 9.17) is 0 Å². The van der Waals surface area contributed by atoms with Crippen molar-refractivity contribution in [2.24, 2.45) is 5.92 Å². The first kappa shape index (κ1) is 13.1. The minimum absolute atomic E-state index is 0.356. The van der Waals surface area contributed by atoms with Crippen LogP contribution in [0.1, 0.15) is 32.8 Å². The summed E-state index contributed by atoms with van der Waals surface area (Å²) in [5.74, 6) is 0.437. The predicted molar refractivity (Wildman–Crippen MR) is 74.2 cm³/mol. The van der Waals surface area contributed by atoms with Crippen molar-refractivity contribution in [3.8, 4) is 6.07 Å². The SMILES string of the molecule is CC(C)N1CC[C@H]([C@@](C)(C#N)c2ccccc2)C1. The molecule has 0 N–H and O–H groups in total. The average Bonchev–Trinajstić information content (AvgIpc) is 2.89. The van der Waals surface area contributed by atoms with Crippen LogP contribution in [0.4, 0.5) is 0 Å². The number of rotatable bonds is 3. The Labute approximate surface area is 110 Å². The Kier molecular flexibility index (Phi) is 3.73. The quantitative estimate of drug-likeness (QED) is 0.814. The van der Waals surface area contributed by atoms with Crippen LogP contribution in [0.3, 0.4) is 0 Å². The van der Waals surface area contributed by atoms with Crippen molar-refractivity contribution in [1.82, 2.24) is 4.90 Å². The molecule has 1 aliphatic heterocycles. The second-order valence-electron chi connectivity index (χ2n) is 5.75. The van der Waals surface area contributed by atoms with E-state index in [0.29, 0.717) is 12.0 Å². The van der Waals surface area contributed by atoms with Gasteiger partial charge in [0.25, 0.3) is 0 Å². The first-order valence-electron chi connectivity index (χ1n) is 6.78. The van der Waals surface area contributed by atoms with Gasteiger partial charge < -0.3 is 4.90 Å². The molecule has 0 bridgehead atoms. The summed E-state index contributed by atoms with van der Waals surface area (Å²) in [4.78, 5) is 2.48. The van der Waals surface area contributed by atoms with Crippen molar-refractivity contribution in [2.45, 2.75) is 38.6 Å². The summed E-state index contributed by atoms with van der Waals surface area (Å²) < 4.78 is 0. The minimum Gasteiger partial charge on any atom is -0.301 e. The van der Waals surface area contributed by atoms with Gasteiger partial charge in [-0.25, -0.2) is 0 Å². The molecular weight excluding hydrogens is 220 g/mol. The fraction of sp³-hybridized carbons (Fsp3) is 0.562. The zero-order chi connectivity index (χ0) is 13.2. The number of benzene rings is 1. The predicted octanol–water partition coefficient (Wildman–Crippen LogP) is 3.20. The smallest absolute Gasteiger partial charge is 0.0835 e. The van der Waals surface area contributed by atoms with Gasteiger partial charge in [-0.1, -0.05) is 30.3 Å². The van der Waals surface area contributed by atoms with Gasteiger partial charge in [0.1, 0.15) is 0 Å². The van der Waals surface area contributed by atoms with Crippen LogP contribution in [-0.4, -0.2) is 24.0 Å². The van der Waals surface area contributed by atoms with Crippen molar-refractivity contribution in [3.05, 3.63) is 35.9 Å². The lowest BCUT2D eigenvalue weighted by molar-refractivity contribution is 0.250. The lowest BCUT2D eigenvalue weighted by Gasteiger charge is -2.30. The van der Waals surface area contributed by atoms with Gasteiger partial charge in [0.2, 0.25) is 0 Å². The van der Waals surface area contributed by atoms with Crippen LogP contribution < -0.4 is 0 Å². The number of hydrogen-bond acceptors (Lipinski definition) is 2. The Hall–Kier alpha value is -1.33. The maximum absolute atomic E-state index is 9.66. The van der Waals surface area contributed by atoms with Crippen molar-refractivity contribution in [3.63, 3.8) is 0 Å². The van der Waals surface area contributed by atoms with Gasteiger partial charge in [0, 0.05) is 12.6 Å². The fourth-order valence-corrected chi connectivity index (χ4v) is 2.90. The Morgan fingerprint density at radius 2 is 2.00 bits per heavy atom. The van der Waals surface area contributed by atoms with Crippen molar-refractivity contribution in [2.75, 3.05) is 13.1 Å². The molecule has 0 saturated carbocycles. The topological polar surface area (TPSA) is 27.0 Å². The summed E-state index contributed by atoms with van der Waals surface area (Å²) in [6, 6.07) is 13.4. The normalized spacial score (nSPS) is 23.8. The molecule has 0 amide bonds. The molecule has 1 aromatic rings. The lowest BCUT2D eigenvalue weighted by atomic mass is 9.72. The Morgan fingerprint density at radius 3 is 2.50 bits per heavy atom. The maximum Gasteiger partial charge on any atom is 0.0835 e. The minimum atomic E-state index is -0.356. The first-order chi connectivity index (χ1) is 8.58. The molecule has 0 aromatic heterocycles. The molecular formula is C16H22N2. The van der Waals surface area contributed by atoms with Gasteiger partial charge in [-0.15, -0.1) is 0 Å². The molecule has 1 fully saturated rings. The van der Waals surface area contributed by atoms with E-state index in [1.807, 2.05) is 18.2 Å². The molecule has 0 unspecified atom stereocenters. The molecule has 0 radical (unpaired) electrons. The van der Waals surface area contributed by atoms with E-state index < -0.39 is 0 Å². The molecule has 1 aromatic carbocycles. The fourth-order valence-electron chi connectivity index (χ4n) is 2.90. The molecule has 0 spiro atoms. The zero-order valence-corrected chi connectivity index (χ0v) is 11.6. The van der Waals surface area contributed by atoms with Gasteiger partial charge in [-0.2, -0.15) is 5.26 Å². The molecule has 1 heterocycles. The van der Waals surface area contributed by atoms with Crippen LogP contribution in [0.25, 0.3) is 0 Å². The van der Waals surface area contributed by atoms with Crippen LogP contribution in [0.5, 0.6) is 0 Å². The zero-order valence-electron chi connectivity index (χ0n) is 11.6. The van der Waals surface area contributed by atoms with Crippen molar-refractivity contribution in [1.29, 1.82) is 5.26 Å². The lowest BCUT2D eigenvalue weighted by Crippen LogP contribution is -2.35. The Balaban J connectivity index is 2.23. The van der Waals surface area contributed by atoms with Gasteiger partial charge in [0.15, 0.2) is 0 Å². The van der Waals surface area contributed by atoms with Gasteiger partial charge in [-0.3, -0.25) is 0 Å².